The number of amides is 1. The number of carbonyl (C=O) groups is 1. The number of piperazine rings is 1. The highest BCUT2D eigenvalue weighted by Gasteiger charge is 2.35. The average Bonchev–Trinajstić information content (AvgIpc) is 3.00. The zero-order valence-corrected chi connectivity index (χ0v) is 14.0. The molecule has 4 nitrogen and oxygen atoms in total. The molecule has 0 spiro atoms. The molecule has 6 heteroatoms. The molecule has 132 valence electrons. The van der Waals surface area contributed by atoms with Gasteiger partial charge in [-0.3, -0.25) is 9.69 Å². The Hall–Kier alpha value is -1.53. The molecule has 0 aromatic heterocycles. The first-order chi connectivity index (χ1) is 11.5. The van der Waals surface area contributed by atoms with Crippen LogP contribution in [0.1, 0.15) is 37.8 Å². The minimum atomic E-state index is -0.563. The van der Waals surface area contributed by atoms with Gasteiger partial charge in [-0.25, -0.2) is 8.78 Å². The quantitative estimate of drug-likeness (QED) is 0.921. The first kappa shape index (κ1) is 17.3. The second kappa shape index (κ2) is 7.15. The molecule has 3 rings (SSSR count). The summed E-state index contributed by atoms with van der Waals surface area (Å²) in [7, 11) is 0. The van der Waals surface area contributed by atoms with Crippen LogP contribution in [0.5, 0.6) is 0 Å². The van der Waals surface area contributed by atoms with Crippen molar-refractivity contribution in [1.29, 1.82) is 0 Å². The number of carbonyl (C=O) groups excluding carboxylic acids is 1. The minimum Gasteiger partial charge on any atom is -0.340 e. The summed E-state index contributed by atoms with van der Waals surface area (Å²) in [4.78, 5) is 16.6. The van der Waals surface area contributed by atoms with Crippen molar-refractivity contribution >= 4 is 5.91 Å². The van der Waals surface area contributed by atoms with Gasteiger partial charge in [0, 0.05) is 49.9 Å². The van der Waals surface area contributed by atoms with Crippen LogP contribution in [0.3, 0.4) is 0 Å². The van der Waals surface area contributed by atoms with E-state index in [9.17, 15) is 13.6 Å². The summed E-state index contributed by atoms with van der Waals surface area (Å²) in [6.07, 6.45) is 2.84. The first-order valence-electron chi connectivity index (χ1n) is 8.70. The van der Waals surface area contributed by atoms with E-state index in [-0.39, 0.29) is 23.9 Å². The van der Waals surface area contributed by atoms with E-state index < -0.39 is 11.6 Å². The fourth-order valence-corrected chi connectivity index (χ4v) is 3.90. The zero-order valence-electron chi connectivity index (χ0n) is 14.0. The SMILES string of the molecule is CC(c1ccc(F)cc1F)N1CCN(C(=O)C2CCCC2N)CC1. The van der Waals surface area contributed by atoms with E-state index in [1.807, 2.05) is 11.8 Å². The summed E-state index contributed by atoms with van der Waals surface area (Å²) in [6, 6.07) is 3.56. The molecule has 3 unspecified atom stereocenters. The van der Waals surface area contributed by atoms with Gasteiger partial charge in [0.25, 0.3) is 0 Å². The second-order valence-corrected chi connectivity index (χ2v) is 6.90. The lowest BCUT2D eigenvalue weighted by Crippen LogP contribution is -2.52. The Labute approximate surface area is 141 Å². The summed E-state index contributed by atoms with van der Waals surface area (Å²) in [5.41, 5.74) is 6.53. The smallest absolute Gasteiger partial charge is 0.227 e. The topological polar surface area (TPSA) is 49.6 Å². The molecule has 0 bridgehead atoms. The normalized spacial score (nSPS) is 26.6. The molecule has 3 atom stereocenters. The highest BCUT2D eigenvalue weighted by Crippen LogP contribution is 2.28. The van der Waals surface area contributed by atoms with Gasteiger partial charge in [-0.2, -0.15) is 0 Å². The van der Waals surface area contributed by atoms with Gasteiger partial charge in [0.2, 0.25) is 5.91 Å². The highest BCUT2D eigenvalue weighted by atomic mass is 19.1. The maximum Gasteiger partial charge on any atom is 0.227 e. The number of rotatable bonds is 3. The third kappa shape index (κ3) is 3.44. The van der Waals surface area contributed by atoms with Crippen molar-refractivity contribution in [2.45, 2.75) is 38.3 Å². The predicted octanol–water partition coefficient (Wildman–Crippen LogP) is 2.30. The molecule has 24 heavy (non-hydrogen) atoms. The molecule has 1 saturated carbocycles. The van der Waals surface area contributed by atoms with Crippen molar-refractivity contribution in [3.63, 3.8) is 0 Å². The predicted molar refractivity (Wildman–Crippen MR) is 88.2 cm³/mol. The van der Waals surface area contributed by atoms with E-state index in [1.165, 1.54) is 12.1 Å². The van der Waals surface area contributed by atoms with Crippen LogP contribution in [0.4, 0.5) is 8.78 Å². The van der Waals surface area contributed by atoms with E-state index in [2.05, 4.69) is 4.90 Å². The third-order valence-electron chi connectivity index (χ3n) is 5.47. The van der Waals surface area contributed by atoms with Crippen molar-refractivity contribution in [2.75, 3.05) is 26.2 Å². The molecule has 0 radical (unpaired) electrons. The minimum absolute atomic E-state index is 0.0113. The fraction of sp³-hybridized carbons (Fsp3) is 0.611. The second-order valence-electron chi connectivity index (χ2n) is 6.90. The highest BCUT2D eigenvalue weighted by molar-refractivity contribution is 5.80. The summed E-state index contributed by atoms with van der Waals surface area (Å²) in [6.45, 7) is 4.56. The van der Waals surface area contributed by atoms with Crippen molar-refractivity contribution in [3.8, 4) is 0 Å². The van der Waals surface area contributed by atoms with Gasteiger partial charge in [-0.15, -0.1) is 0 Å². The molecule has 2 N–H and O–H groups in total. The lowest BCUT2D eigenvalue weighted by Gasteiger charge is -2.39. The molecular weight excluding hydrogens is 312 g/mol. The van der Waals surface area contributed by atoms with E-state index in [0.717, 1.165) is 25.3 Å². The summed E-state index contributed by atoms with van der Waals surface area (Å²) in [5.74, 6) is -0.950. The van der Waals surface area contributed by atoms with Gasteiger partial charge < -0.3 is 10.6 Å². The Morgan fingerprint density at radius 1 is 1.21 bits per heavy atom. The Balaban J connectivity index is 1.59. The van der Waals surface area contributed by atoms with E-state index >= 15 is 0 Å². The molecular formula is C18H25F2N3O. The van der Waals surface area contributed by atoms with E-state index in [0.29, 0.717) is 31.7 Å². The van der Waals surface area contributed by atoms with Crippen molar-refractivity contribution in [2.24, 2.45) is 11.7 Å². The zero-order chi connectivity index (χ0) is 17.3. The monoisotopic (exact) mass is 337 g/mol. The molecule has 1 aromatic carbocycles. The number of nitrogens with two attached hydrogens (primary N) is 1. The van der Waals surface area contributed by atoms with Crippen LogP contribution < -0.4 is 5.73 Å². The van der Waals surface area contributed by atoms with Crippen molar-refractivity contribution < 1.29 is 13.6 Å². The molecule has 2 aliphatic rings. The van der Waals surface area contributed by atoms with Gasteiger partial charge in [0.1, 0.15) is 11.6 Å². The van der Waals surface area contributed by atoms with Gasteiger partial charge in [0.05, 0.1) is 5.92 Å². The molecule has 1 saturated heterocycles. The Morgan fingerprint density at radius 3 is 2.50 bits per heavy atom. The van der Waals surface area contributed by atoms with Crippen LogP contribution in [0.25, 0.3) is 0 Å². The largest absolute Gasteiger partial charge is 0.340 e. The van der Waals surface area contributed by atoms with Gasteiger partial charge >= 0.3 is 0 Å². The van der Waals surface area contributed by atoms with Gasteiger partial charge in [0.15, 0.2) is 0 Å². The van der Waals surface area contributed by atoms with Gasteiger partial charge in [-0.05, 0) is 25.8 Å². The van der Waals surface area contributed by atoms with Crippen LogP contribution in [0.2, 0.25) is 0 Å². The van der Waals surface area contributed by atoms with E-state index in [1.54, 1.807) is 0 Å². The Morgan fingerprint density at radius 2 is 1.92 bits per heavy atom. The summed E-state index contributed by atoms with van der Waals surface area (Å²) < 4.78 is 27.0. The van der Waals surface area contributed by atoms with Crippen LogP contribution >= 0.6 is 0 Å². The molecule has 1 aliphatic carbocycles. The van der Waals surface area contributed by atoms with Gasteiger partial charge in [-0.1, -0.05) is 12.5 Å². The van der Waals surface area contributed by atoms with Crippen LogP contribution in [-0.2, 0) is 4.79 Å². The van der Waals surface area contributed by atoms with Crippen LogP contribution in [0.15, 0.2) is 18.2 Å². The molecule has 1 aliphatic heterocycles. The third-order valence-corrected chi connectivity index (χ3v) is 5.47. The Bertz CT molecular complexity index is 602. The summed E-state index contributed by atoms with van der Waals surface area (Å²) in [5, 5.41) is 0. The van der Waals surface area contributed by atoms with E-state index in [4.69, 9.17) is 5.73 Å². The number of nitrogens with zero attached hydrogens (tertiary/aromatic N) is 2. The number of hydrogen-bond acceptors (Lipinski definition) is 3. The molecule has 1 heterocycles. The van der Waals surface area contributed by atoms with Crippen LogP contribution in [0, 0.1) is 17.6 Å². The standard InChI is InChI=1S/C18H25F2N3O/c1-12(14-6-5-13(19)11-16(14)20)22-7-9-23(10-8-22)18(24)15-3-2-4-17(15)21/h5-6,11-12,15,17H,2-4,7-10,21H2,1H3. The maximum absolute atomic E-state index is 14.0. The number of hydrogen-bond donors (Lipinski definition) is 1. The lowest BCUT2D eigenvalue weighted by molar-refractivity contribution is -0.137. The number of benzene rings is 1. The van der Waals surface area contributed by atoms with Crippen LogP contribution in [-0.4, -0.2) is 47.9 Å². The average molecular weight is 337 g/mol. The molecule has 1 amide bonds. The molecule has 1 aromatic rings. The molecule has 2 fully saturated rings. The summed E-state index contributed by atoms with van der Waals surface area (Å²) >= 11 is 0. The van der Waals surface area contributed by atoms with Crippen molar-refractivity contribution in [1.82, 2.24) is 9.80 Å². The maximum atomic E-state index is 14.0. The fourth-order valence-electron chi connectivity index (χ4n) is 3.90. The first-order valence-corrected chi connectivity index (χ1v) is 8.70. The lowest BCUT2D eigenvalue weighted by atomic mass is 10.0. The number of halogens is 2. The van der Waals surface area contributed by atoms with Crippen molar-refractivity contribution in [3.05, 3.63) is 35.4 Å². The Kier molecular flexibility index (Phi) is 5.15.